The number of thiophene rings is 1. The number of carbonyl (C=O) groups excluding carboxylic acids is 1. The zero-order chi connectivity index (χ0) is 16.5. The van der Waals surface area contributed by atoms with Gasteiger partial charge in [0.05, 0.1) is 16.6 Å². The summed E-state index contributed by atoms with van der Waals surface area (Å²) in [5.41, 5.74) is 1.78. The van der Waals surface area contributed by atoms with Gasteiger partial charge >= 0.3 is 0 Å². The molecule has 1 saturated heterocycles. The molecule has 0 spiro atoms. The highest BCUT2D eigenvalue weighted by Crippen LogP contribution is 2.35. The van der Waals surface area contributed by atoms with Crippen LogP contribution in [0.15, 0.2) is 46.9 Å². The smallest absolute Gasteiger partial charge is 0.272 e. The number of rotatable bonds is 3. The first-order valence-electron chi connectivity index (χ1n) is 8.04. The van der Waals surface area contributed by atoms with Crippen molar-refractivity contribution >= 4 is 23.0 Å². The van der Waals surface area contributed by atoms with Crippen LogP contribution in [0.2, 0.25) is 0 Å². The molecule has 6 heteroatoms. The van der Waals surface area contributed by atoms with E-state index in [2.05, 4.69) is 5.10 Å². The normalized spacial score (nSPS) is 23.5. The van der Waals surface area contributed by atoms with Gasteiger partial charge in [0.1, 0.15) is 11.9 Å². The summed E-state index contributed by atoms with van der Waals surface area (Å²) in [6, 6.07) is 10.1. The lowest BCUT2D eigenvalue weighted by molar-refractivity contribution is -0.142. The lowest BCUT2D eigenvalue weighted by Gasteiger charge is -2.24. The Labute approximate surface area is 143 Å². The molecule has 124 valence electrons. The maximum absolute atomic E-state index is 13.2. The van der Waals surface area contributed by atoms with Gasteiger partial charge in [-0.2, -0.15) is 5.10 Å². The molecule has 0 N–H and O–H groups in total. The van der Waals surface area contributed by atoms with Crippen molar-refractivity contribution in [2.75, 3.05) is 6.61 Å². The molecule has 0 radical (unpaired) electrons. The number of halogens is 1. The summed E-state index contributed by atoms with van der Waals surface area (Å²) in [5, 5.41) is 8.13. The van der Waals surface area contributed by atoms with Gasteiger partial charge in [-0.25, -0.2) is 9.40 Å². The van der Waals surface area contributed by atoms with Crippen molar-refractivity contribution in [1.82, 2.24) is 5.01 Å². The van der Waals surface area contributed by atoms with Crippen LogP contribution < -0.4 is 0 Å². The number of hydrazone groups is 1. The third-order valence-corrected chi connectivity index (χ3v) is 5.32. The highest BCUT2D eigenvalue weighted by atomic mass is 32.1. The summed E-state index contributed by atoms with van der Waals surface area (Å²) in [5.74, 6) is -0.387. The Morgan fingerprint density at radius 1 is 1.29 bits per heavy atom. The molecular formula is C18H17FN2O2S. The fraction of sp³-hybridized carbons (Fsp3) is 0.333. The van der Waals surface area contributed by atoms with E-state index in [-0.39, 0.29) is 17.8 Å². The minimum Gasteiger partial charge on any atom is -0.368 e. The molecule has 2 atom stereocenters. The van der Waals surface area contributed by atoms with Crippen LogP contribution >= 0.6 is 11.3 Å². The second kappa shape index (κ2) is 6.45. The van der Waals surface area contributed by atoms with Gasteiger partial charge < -0.3 is 4.74 Å². The standard InChI is InChI=1S/C18H17FN2O2S/c19-13-7-5-12(6-8-13)15-11-14(17-4-2-10-24-17)20-21(15)18(22)16-3-1-9-23-16/h2,4-8,10,15-16H,1,3,9,11H2. The van der Waals surface area contributed by atoms with Gasteiger partial charge in [0.2, 0.25) is 0 Å². The average molecular weight is 344 g/mol. The van der Waals surface area contributed by atoms with Gasteiger partial charge in [0.25, 0.3) is 5.91 Å². The summed E-state index contributed by atoms with van der Waals surface area (Å²) in [7, 11) is 0. The van der Waals surface area contributed by atoms with Crippen molar-refractivity contribution in [2.45, 2.75) is 31.4 Å². The summed E-state index contributed by atoms with van der Waals surface area (Å²) in [6.45, 7) is 0.618. The predicted octanol–water partition coefficient (Wildman–Crippen LogP) is 3.74. The Hall–Kier alpha value is -2.05. The Morgan fingerprint density at radius 2 is 2.12 bits per heavy atom. The average Bonchev–Trinajstić information content (AvgIpc) is 3.34. The third-order valence-electron chi connectivity index (χ3n) is 4.40. The highest BCUT2D eigenvalue weighted by molar-refractivity contribution is 7.12. The second-order valence-corrected chi connectivity index (χ2v) is 6.93. The molecule has 2 aliphatic rings. The van der Waals surface area contributed by atoms with Crippen LogP contribution in [0, 0.1) is 5.82 Å². The van der Waals surface area contributed by atoms with Crippen molar-refractivity contribution in [3.8, 4) is 0 Å². The third kappa shape index (κ3) is 2.87. The Kier molecular flexibility index (Phi) is 4.16. The molecular weight excluding hydrogens is 327 g/mol. The summed E-state index contributed by atoms with van der Waals surface area (Å²) in [6.07, 6.45) is 1.84. The molecule has 3 heterocycles. The Morgan fingerprint density at radius 3 is 2.79 bits per heavy atom. The molecule has 4 rings (SSSR count). The van der Waals surface area contributed by atoms with E-state index >= 15 is 0 Å². The number of benzene rings is 1. The molecule has 24 heavy (non-hydrogen) atoms. The SMILES string of the molecule is O=C(C1CCCO1)N1N=C(c2cccs2)CC1c1ccc(F)cc1. The van der Waals surface area contributed by atoms with Crippen molar-refractivity contribution in [3.05, 3.63) is 58.0 Å². The summed E-state index contributed by atoms with van der Waals surface area (Å²) >= 11 is 1.61. The molecule has 1 amide bonds. The van der Waals surface area contributed by atoms with E-state index in [0.29, 0.717) is 13.0 Å². The van der Waals surface area contributed by atoms with E-state index in [9.17, 15) is 9.18 Å². The maximum atomic E-state index is 13.2. The monoisotopic (exact) mass is 344 g/mol. The molecule has 0 aliphatic carbocycles. The van der Waals surface area contributed by atoms with Gasteiger partial charge in [-0.1, -0.05) is 18.2 Å². The number of ether oxygens (including phenoxy) is 1. The zero-order valence-electron chi connectivity index (χ0n) is 13.0. The van der Waals surface area contributed by atoms with Crippen LogP contribution in [0.4, 0.5) is 4.39 Å². The minimum absolute atomic E-state index is 0.103. The predicted molar refractivity (Wildman–Crippen MR) is 90.4 cm³/mol. The molecule has 2 aliphatic heterocycles. The van der Waals surface area contributed by atoms with E-state index in [0.717, 1.165) is 29.0 Å². The highest BCUT2D eigenvalue weighted by Gasteiger charge is 2.38. The number of nitrogens with zero attached hydrogens (tertiary/aromatic N) is 2. The first-order valence-corrected chi connectivity index (χ1v) is 8.92. The van der Waals surface area contributed by atoms with Gasteiger partial charge in [0, 0.05) is 13.0 Å². The number of amides is 1. The molecule has 0 saturated carbocycles. The van der Waals surface area contributed by atoms with E-state index < -0.39 is 6.10 Å². The zero-order valence-corrected chi connectivity index (χ0v) is 13.8. The largest absolute Gasteiger partial charge is 0.368 e. The van der Waals surface area contributed by atoms with Crippen molar-refractivity contribution in [2.24, 2.45) is 5.10 Å². The van der Waals surface area contributed by atoms with Crippen molar-refractivity contribution in [1.29, 1.82) is 0 Å². The maximum Gasteiger partial charge on any atom is 0.272 e. The van der Waals surface area contributed by atoms with Gasteiger partial charge in [-0.05, 0) is 42.0 Å². The van der Waals surface area contributed by atoms with Crippen molar-refractivity contribution < 1.29 is 13.9 Å². The Bertz CT molecular complexity index is 752. The lowest BCUT2D eigenvalue weighted by Crippen LogP contribution is -2.35. The minimum atomic E-state index is -0.417. The topological polar surface area (TPSA) is 41.9 Å². The fourth-order valence-electron chi connectivity index (χ4n) is 3.17. The second-order valence-electron chi connectivity index (χ2n) is 5.98. The molecule has 0 bridgehead atoms. The molecule has 1 aromatic heterocycles. The summed E-state index contributed by atoms with van der Waals surface area (Å²) < 4.78 is 18.8. The molecule has 4 nitrogen and oxygen atoms in total. The fourth-order valence-corrected chi connectivity index (χ4v) is 3.89. The first kappa shape index (κ1) is 15.5. The Balaban J connectivity index is 1.66. The molecule has 2 aromatic rings. The van der Waals surface area contributed by atoms with Gasteiger partial charge in [-0.15, -0.1) is 11.3 Å². The van der Waals surface area contributed by atoms with E-state index in [4.69, 9.17) is 4.74 Å². The number of hydrogen-bond donors (Lipinski definition) is 0. The number of carbonyl (C=O) groups is 1. The van der Waals surface area contributed by atoms with Crippen LogP contribution in [-0.2, 0) is 9.53 Å². The van der Waals surface area contributed by atoms with Crippen LogP contribution in [0.25, 0.3) is 0 Å². The van der Waals surface area contributed by atoms with Crippen molar-refractivity contribution in [3.63, 3.8) is 0 Å². The van der Waals surface area contributed by atoms with Crippen LogP contribution in [0.5, 0.6) is 0 Å². The lowest BCUT2D eigenvalue weighted by atomic mass is 10.0. The molecule has 2 unspecified atom stereocenters. The molecule has 1 fully saturated rings. The quantitative estimate of drug-likeness (QED) is 0.851. The van der Waals surface area contributed by atoms with E-state index in [1.54, 1.807) is 23.5 Å². The number of hydrogen-bond acceptors (Lipinski definition) is 4. The van der Waals surface area contributed by atoms with Crippen LogP contribution in [0.3, 0.4) is 0 Å². The first-order chi connectivity index (χ1) is 11.7. The van der Waals surface area contributed by atoms with Gasteiger partial charge in [-0.3, -0.25) is 4.79 Å². The summed E-state index contributed by atoms with van der Waals surface area (Å²) in [4.78, 5) is 13.9. The van der Waals surface area contributed by atoms with Gasteiger partial charge in [0.15, 0.2) is 0 Å². The van der Waals surface area contributed by atoms with Crippen LogP contribution in [0.1, 0.15) is 35.7 Å². The van der Waals surface area contributed by atoms with E-state index in [1.165, 1.54) is 17.1 Å². The van der Waals surface area contributed by atoms with E-state index in [1.807, 2.05) is 17.5 Å². The van der Waals surface area contributed by atoms with Crippen LogP contribution in [-0.4, -0.2) is 29.3 Å². The molecule has 1 aromatic carbocycles.